The molecule has 2 N–H and O–H groups in total. The predicted molar refractivity (Wildman–Crippen MR) is 124 cm³/mol. The summed E-state index contributed by atoms with van der Waals surface area (Å²) in [6, 6.07) is 0. The fourth-order valence-corrected chi connectivity index (χ4v) is 4.29. The number of carbonyl (C=O) groups is 1. The van der Waals surface area contributed by atoms with E-state index in [0.717, 1.165) is 17.8 Å². The molecule has 0 spiro atoms. The number of aryl methyl sites for hydroxylation is 1. The molecule has 32 heavy (non-hydrogen) atoms. The highest BCUT2D eigenvalue weighted by Crippen LogP contribution is 2.27. The number of esters is 1. The zero-order valence-electron chi connectivity index (χ0n) is 19.2. The minimum absolute atomic E-state index is 0.0291. The highest BCUT2D eigenvalue weighted by atomic mass is 32.1. The molecule has 10 heteroatoms. The van der Waals surface area contributed by atoms with Gasteiger partial charge in [-0.25, -0.2) is 9.78 Å². The summed E-state index contributed by atoms with van der Waals surface area (Å²) in [7, 11) is 1.64. The van der Waals surface area contributed by atoms with Gasteiger partial charge in [-0.1, -0.05) is 12.7 Å². The highest BCUT2D eigenvalue weighted by Gasteiger charge is 2.21. The van der Waals surface area contributed by atoms with Crippen LogP contribution in [0.2, 0.25) is 0 Å². The molecule has 1 unspecified atom stereocenters. The van der Waals surface area contributed by atoms with Gasteiger partial charge >= 0.3 is 5.97 Å². The van der Waals surface area contributed by atoms with E-state index in [0.29, 0.717) is 52.7 Å². The first-order chi connectivity index (χ1) is 15.3. The van der Waals surface area contributed by atoms with Gasteiger partial charge in [-0.05, 0) is 32.8 Å². The second-order valence-corrected chi connectivity index (χ2v) is 8.75. The monoisotopic (exact) mass is 467 g/mol. The van der Waals surface area contributed by atoms with Crippen LogP contribution < -0.4 is 5.56 Å². The molecule has 0 bridgehead atoms. The lowest BCUT2D eigenvalue weighted by atomic mass is 10.2. The third kappa shape index (κ3) is 7.49. The molecular weight excluding hydrogens is 434 g/mol. The molecule has 2 aromatic rings. The Hall–Kier alpha value is -2.11. The lowest BCUT2D eigenvalue weighted by molar-refractivity contribution is -0.0106. The normalized spacial score (nSPS) is 12.6. The van der Waals surface area contributed by atoms with Crippen molar-refractivity contribution in [3.8, 4) is 0 Å². The number of aromatic nitrogens is 2. The molecule has 0 amide bonds. The van der Waals surface area contributed by atoms with Crippen LogP contribution >= 0.6 is 11.3 Å². The van der Waals surface area contributed by atoms with E-state index in [9.17, 15) is 14.7 Å². The van der Waals surface area contributed by atoms with Gasteiger partial charge in [-0.2, -0.15) is 0 Å². The van der Waals surface area contributed by atoms with E-state index in [2.05, 4.69) is 16.5 Å². The molecule has 178 valence electrons. The van der Waals surface area contributed by atoms with Crippen molar-refractivity contribution >= 4 is 27.5 Å². The number of fused-ring (bicyclic) bond motifs is 1. The Kier molecular flexibility index (Phi) is 10.5. The number of thiophene rings is 1. The summed E-state index contributed by atoms with van der Waals surface area (Å²) in [5, 5.41) is 10.7. The second kappa shape index (κ2) is 12.8. The minimum Gasteiger partial charge on any atom is -0.457 e. The van der Waals surface area contributed by atoms with Crippen LogP contribution in [0.5, 0.6) is 0 Å². The number of carbonyl (C=O) groups excluding carboxylic acids is 1. The Labute approximate surface area is 192 Å². The summed E-state index contributed by atoms with van der Waals surface area (Å²) in [5.41, 5.74) is 0.250. The van der Waals surface area contributed by atoms with Crippen LogP contribution in [0.3, 0.4) is 0 Å². The molecular formula is C22H33N3O6S. The maximum absolute atomic E-state index is 12.7. The third-order valence-corrected chi connectivity index (χ3v) is 5.82. The van der Waals surface area contributed by atoms with Gasteiger partial charge in [0.25, 0.3) is 5.56 Å². The molecule has 0 saturated carbocycles. The predicted octanol–water partition coefficient (Wildman–Crippen LogP) is 2.26. The Balaban J connectivity index is 2.23. The number of H-pyrrole nitrogens is 1. The SMILES string of the molecule is C=CCOC(=O)c1sc2nc(CN(CCCOC)CC(O)COC(C)C)[nH]c(=O)c2c1C. The van der Waals surface area contributed by atoms with E-state index in [-0.39, 0.29) is 24.9 Å². The summed E-state index contributed by atoms with van der Waals surface area (Å²) < 4.78 is 15.7. The van der Waals surface area contributed by atoms with Crippen molar-refractivity contribution in [1.82, 2.24) is 14.9 Å². The average Bonchev–Trinajstić information content (AvgIpc) is 3.07. The fourth-order valence-electron chi connectivity index (χ4n) is 3.19. The second-order valence-electron chi connectivity index (χ2n) is 7.75. The Morgan fingerprint density at radius 2 is 2.16 bits per heavy atom. The maximum Gasteiger partial charge on any atom is 0.348 e. The highest BCUT2D eigenvalue weighted by molar-refractivity contribution is 7.20. The average molecular weight is 468 g/mol. The molecule has 0 aromatic carbocycles. The van der Waals surface area contributed by atoms with Gasteiger partial charge in [0.2, 0.25) is 0 Å². The molecule has 0 fully saturated rings. The van der Waals surface area contributed by atoms with Crippen molar-refractivity contribution < 1.29 is 24.1 Å². The van der Waals surface area contributed by atoms with E-state index in [1.54, 1.807) is 14.0 Å². The van der Waals surface area contributed by atoms with Crippen LogP contribution in [-0.2, 0) is 20.8 Å². The molecule has 0 aliphatic rings. The number of aromatic amines is 1. The van der Waals surface area contributed by atoms with Crippen molar-refractivity contribution in [1.29, 1.82) is 0 Å². The molecule has 0 aliphatic carbocycles. The van der Waals surface area contributed by atoms with E-state index < -0.39 is 12.1 Å². The number of methoxy groups -OCH3 is 1. The molecule has 0 radical (unpaired) electrons. The third-order valence-electron chi connectivity index (χ3n) is 4.65. The van der Waals surface area contributed by atoms with Crippen molar-refractivity contribution in [3.05, 3.63) is 39.3 Å². The number of nitrogens with one attached hydrogen (secondary N) is 1. The quantitative estimate of drug-likeness (QED) is 0.247. The number of rotatable bonds is 14. The van der Waals surface area contributed by atoms with E-state index >= 15 is 0 Å². The van der Waals surface area contributed by atoms with Gasteiger partial charge in [-0.3, -0.25) is 9.69 Å². The van der Waals surface area contributed by atoms with Crippen molar-refractivity contribution in [2.75, 3.05) is 40.0 Å². The Morgan fingerprint density at radius 3 is 2.81 bits per heavy atom. The van der Waals surface area contributed by atoms with Crippen LogP contribution in [0.15, 0.2) is 17.4 Å². The van der Waals surface area contributed by atoms with Gasteiger partial charge in [0.05, 0.1) is 30.7 Å². The minimum atomic E-state index is -0.675. The van der Waals surface area contributed by atoms with Crippen LogP contribution in [0.4, 0.5) is 0 Å². The van der Waals surface area contributed by atoms with Crippen molar-refractivity contribution in [2.45, 2.75) is 45.9 Å². The van der Waals surface area contributed by atoms with E-state index in [1.807, 2.05) is 18.7 Å². The topological polar surface area (TPSA) is 114 Å². The number of ether oxygens (including phenoxy) is 3. The largest absolute Gasteiger partial charge is 0.457 e. The fraction of sp³-hybridized carbons (Fsp3) is 0.591. The molecule has 1 atom stereocenters. The van der Waals surface area contributed by atoms with Crippen molar-refractivity contribution in [2.24, 2.45) is 0 Å². The first kappa shape index (κ1) is 26.1. The van der Waals surface area contributed by atoms with E-state index in [1.165, 1.54) is 6.08 Å². The Morgan fingerprint density at radius 1 is 1.41 bits per heavy atom. The van der Waals surface area contributed by atoms with Crippen LogP contribution in [0.25, 0.3) is 10.2 Å². The zero-order chi connectivity index (χ0) is 23.7. The summed E-state index contributed by atoms with van der Waals surface area (Å²) >= 11 is 1.14. The Bertz CT molecular complexity index is 955. The molecule has 0 saturated heterocycles. The molecule has 0 aliphatic heterocycles. The van der Waals surface area contributed by atoms with Gasteiger partial charge in [0.1, 0.15) is 22.1 Å². The van der Waals surface area contributed by atoms with Crippen molar-refractivity contribution in [3.63, 3.8) is 0 Å². The van der Waals surface area contributed by atoms with Gasteiger partial charge < -0.3 is 24.3 Å². The smallest absolute Gasteiger partial charge is 0.348 e. The number of aliphatic hydroxyl groups excluding tert-OH is 1. The van der Waals surface area contributed by atoms with Crippen LogP contribution in [0, 0.1) is 6.92 Å². The number of hydrogen-bond acceptors (Lipinski definition) is 9. The summed E-state index contributed by atoms with van der Waals surface area (Å²) in [5.74, 6) is -0.0371. The van der Waals surface area contributed by atoms with Gasteiger partial charge in [0.15, 0.2) is 0 Å². The van der Waals surface area contributed by atoms with E-state index in [4.69, 9.17) is 14.2 Å². The summed E-state index contributed by atoms with van der Waals surface area (Å²) in [4.78, 5) is 35.3. The maximum atomic E-state index is 12.7. The van der Waals surface area contributed by atoms with Crippen LogP contribution in [-0.4, -0.2) is 78.2 Å². The summed E-state index contributed by atoms with van der Waals surface area (Å²) in [6.07, 6.45) is 1.60. The van der Waals surface area contributed by atoms with Gasteiger partial charge in [-0.15, -0.1) is 11.3 Å². The molecule has 9 nitrogen and oxygen atoms in total. The molecule has 2 heterocycles. The van der Waals surface area contributed by atoms with Crippen LogP contribution in [0.1, 0.15) is 41.3 Å². The molecule has 2 aromatic heterocycles. The molecule has 2 rings (SSSR count). The zero-order valence-corrected chi connectivity index (χ0v) is 20.0. The number of aliphatic hydroxyl groups is 1. The number of nitrogens with zero attached hydrogens (tertiary/aromatic N) is 2. The first-order valence-corrected chi connectivity index (χ1v) is 11.4. The standard InChI is InChI=1S/C22H33N3O6S/c1-6-9-30-22(28)19-15(4)18-20(27)23-17(24-21(18)32-19)12-25(8-7-10-29-5)11-16(26)13-31-14(2)3/h6,14,16,26H,1,7-13H2,2-5H3,(H,23,24,27). The lowest BCUT2D eigenvalue weighted by Gasteiger charge is -2.25. The lowest BCUT2D eigenvalue weighted by Crippen LogP contribution is -2.37. The summed E-state index contributed by atoms with van der Waals surface area (Å²) in [6.45, 7) is 11.3. The first-order valence-electron chi connectivity index (χ1n) is 10.6. The van der Waals surface area contributed by atoms with Gasteiger partial charge in [0, 0.05) is 26.8 Å². The number of hydrogen-bond donors (Lipinski definition) is 2.